The number of aromatic amines is 1. The third kappa shape index (κ3) is 2.53. The molecule has 2 N–H and O–H groups in total. The molecule has 4 heteroatoms. The van der Waals surface area contributed by atoms with Gasteiger partial charge in [-0.2, -0.15) is 0 Å². The Morgan fingerprint density at radius 3 is 2.88 bits per heavy atom. The summed E-state index contributed by atoms with van der Waals surface area (Å²) < 4.78 is 0. The predicted octanol–water partition coefficient (Wildman–Crippen LogP) is 2.38. The van der Waals surface area contributed by atoms with Crippen molar-refractivity contribution in [3.63, 3.8) is 0 Å². The zero-order valence-corrected chi connectivity index (χ0v) is 9.95. The Bertz CT molecular complexity index is 561. The Labute approximate surface area is 99.7 Å². The summed E-state index contributed by atoms with van der Waals surface area (Å²) in [7, 11) is 0. The third-order valence-electron chi connectivity index (χ3n) is 2.62. The van der Waals surface area contributed by atoms with Crippen LogP contribution in [0.25, 0.3) is 0 Å². The van der Waals surface area contributed by atoms with E-state index in [1.807, 2.05) is 38.1 Å². The molecule has 0 aliphatic carbocycles. The van der Waals surface area contributed by atoms with Crippen LogP contribution in [0.5, 0.6) is 0 Å². The Kier molecular flexibility index (Phi) is 3.23. The molecule has 2 aromatic rings. The van der Waals surface area contributed by atoms with E-state index < -0.39 is 0 Å². The predicted molar refractivity (Wildman–Crippen MR) is 68.7 cm³/mol. The number of hydrogen-bond donors (Lipinski definition) is 2. The van der Waals surface area contributed by atoms with E-state index in [0.717, 1.165) is 22.8 Å². The average Bonchev–Trinajstić information content (AvgIpc) is 2.34. The maximum atomic E-state index is 11.6. The van der Waals surface area contributed by atoms with Crippen LogP contribution in [0.1, 0.15) is 18.2 Å². The summed E-state index contributed by atoms with van der Waals surface area (Å²) in [5.41, 5.74) is 2.46. The summed E-state index contributed by atoms with van der Waals surface area (Å²) in [5.74, 6) is 0.768. The van der Waals surface area contributed by atoms with E-state index in [-0.39, 0.29) is 5.56 Å². The van der Waals surface area contributed by atoms with Gasteiger partial charge in [-0.15, -0.1) is 0 Å². The minimum absolute atomic E-state index is 0.0171. The third-order valence-corrected chi connectivity index (χ3v) is 2.62. The first-order valence-electron chi connectivity index (χ1n) is 5.61. The van der Waals surface area contributed by atoms with Gasteiger partial charge in [0.05, 0.1) is 5.69 Å². The molecule has 0 atom stereocenters. The molecule has 0 spiro atoms. The zero-order chi connectivity index (χ0) is 12.3. The van der Waals surface area contributed by atoms with Crippen molar-refractivity contribution in [2.45, 2.75) is 20.3 Å². The van der Waals surface area contributed by atoms with Gasteiger partial charge in [0.15, 0.2) is 0 Å². The minimum Gasteiger partial charge on any atom is -0.339 e. The number of pyridine rings is 2. The molecule has 2 aromatic heterocycles. The maximum Gasteiger partial charge on any atom is 0.251 e. The molecular weight excluding hydrogens is 214 g/mol. The highest BCUT2D eigenvalue weighted by molar-refractivity contribution is 5.59. The van der Waals surface area contributed by atoms with Gasteiger partial charge in [0.25, 0.3) is 5.56 Å². The van der Waals surface area contributed by atoms with Crippen LogP contribution in [0, 0.1) is 6.92 Å². The Hall–Kier alpha value is -2.10. The second kappa shape index (κ2) is 4.82. The summed E-state index contributed by atoms with van der Waals surface area (Å²) in [6, 6.07) is 7.54. The monoisotopic (exact) mass is 229 g/mol. The molecule has 0 amide bonds. The van der Waals surface area contributed by atoms with Gasteiger partial charge >= 0.3 is 0 Å². The highest BCUT2D eigenvalue weighted by Gasteiger charge is 2.04. The van der Waals surface area contributed by atoms with Crippen LogP contribution in [0.3, 0.4) is 0 Å². The van der Waals surface area contributed by atoms with Crippen LogP contribution in [0.2, 0.25) is 0 Å². The largest absolute Gasteiger partial charge is 0.339 e. The summed E-state index contributed by atoms with van der Waals surface area (Å²) in [6.07, 6.45) is 2.44. The van der Waals surface area contributed by atoms with Crippen LogP contribution in [-0.4, -0.2) is 9.97 Å². The normalized spacial score (nSPS) is 10.2. The second-order valence-electron chi connectivity index (χ2n) is 3.86. The van der Waals surface area contributed by atoms with Gasteiger partial charge < -0.3 is 10.3 Å². The molecule has 0 aromatic carbocycles. The SMILES string of the molecule is CCc1cc(Nc2ccccn2)c(C)[nH]c1=O. The van der Waals surface area contributed by atoms with E-state index >= 15 is 0 Å². The number of aryl methyl sites for hydroxylation is 2. The topological polar surface area (TPSA) is 57.8 Å². The number of rotatable bonds is 3. The lowest BCUT2D eigenvalue weighted by molar-refractivity contribution is 1.03. The highest BCUT2D eigenvalue weighted by Crippen LogP contribution is 2.16. The van der Waals surface area contributed by atoms with Crippen molar-refractivity contribution in [3.05, 3.63) is 52.1 Å². The zero-order valence-electron chi connectivity index (χ0n) is 9.95. The second-order valence-corrected chi connectivity index (χ2v) is 3.86. The molecule has 2 rings (SSSR count). The van der Waals surface area contributed by atoms with E-state index in [4.69, 9.17) is 0 Å². The lowest BCUT2D eigenvalue weighted by Crippen LogP contribution is -2.14. The standard InChI is InChI=1S/C13H15N3O/c1-3-10-8-11(9(2)15-13(10)17)16-12-6-4-5-7-14-12/h4-8H,3H2,1-2H3,(H,14,16)(H,15,17). The summed E-state index contributed by atoms with van der Waals surface area (Å²) in [4.78, 5) is 18.6. The fourth-order valence-corrected chi connectivity index (χ4v) is 1.63. The van der Waals surface area contributed by atoms with E-state index in [9.17, 15) is 4.79 Å². The summed E-state index contributed by atoms with van der Waals surface area (Å²) in [6.45, 7) is 3.83. The van der Waals surface area contributed by atoms with Gasteiger partial charge in [0.1, 0.15) is 5.82 Å². The molecule has 0 unspecified atom stereocenters. The summed E-state index contributed by atoms with van der Waals surface area (Å²) >= 11 is 0. The van der Waals surface area contributed by atoms with Crippen LogP contribution < -0.4 is 10.9 Å². The highest BCUT2D eigenvalue weighted by atomic mass is 16.1. The van der Waals surface area contributed by atoms with Crippen molar-refractivity contribution in [3.8, 4) is 0 Å². The lowest BCUT2D eigenvalue weighted by atomic mass is 10.2. The van der Waals surface area contributed by atoms with Crippen LogP contribution in [0.4, 0.5) is 11.5 Å². The van der Waals surface area contributed by atoms with Crippen molar-refractivity contribution < 1.29 is 0 Å². The number of nitrogens with zero attached hydrogens (tertiary/aromatic N) is 1. The lowest BCUT2D eigenvalue weighted by Gasteiger charge is -2.09. The van der Waals surface area contributed by atoms with E-state index in [0.29, 0.717) is 6.42 Å². The number of hydrogen-bond acceptors (Lipinski definition) is 3. The van der Waals surface area contributed by atoms with E-state index in [1.54, 1.807) is 6.20 Å². The smallest absolute Gasteiger partial charge is 0.251 e. The molecule has 17 heavy (non-hydrogen) atoms. The van der Waals surface area contributed by atoms with Gasteiger partial charge in [0.2, 0.25) is 0 Å². The number of anilines is 2. The number of H-pyrrole nitrogens is 1. The molecule has 4 nitrogen and oxygen atoms in total. The van der Waals surface area contributed by atoms with Crippen LogP contribution >= 0.6 is 0 Å². The van der Waals surface area contributed by atoms with Gasteiger partial charge in [-0.05, 0) is 31.5 Å². The minimum atomic E-state index is -0.0171. The first-order chi connectivity index (χ1) is 8.20. The molecule has 0 saturated heterocycles. The van der Waals surface area contributed by atoms with Crippen molar-refractivity contribution in [1.29, 1.82) is 0 Å². The van der Waals surface area contributed by atoms with Crippen molar-refractivity contribution in [1.82, 2.24) is 9.97 Å². The van der Waals surface area contributed by atoms with Gasteiger partial charge in [-0.1, -0.05) is 13.0 Å². The van der Waals surface area contributed by atoms with Gasteiger partial charge in [-0.25, -0.2) is 4.98 Å². The molecule has 0 saturated carbocycles. The number of aromatic nitrogens is 2. The average molecular weight is 229 g/mol. The number of nitrogens with one attached hydrogen (secondary N) is 2. The van der Waals surface area contributed by atoms with Crippen molar-refractivity contribution in [2.24, 2.45) is 0 Å². The van der Waals surface area contributed by atoms with Gasteiger partial charge in [-0.3, -0.25) is 4.79 Å². The first kappa shape index (κ1) is 11.4. The molecule has 0 aliphatic rings. The fourth-order valence-electron chi connectivity index (χ4n) is 1.63. The van der Waals surface area contributed by atoms with Crippen LogP contribution in [-0.2, 0) is 6.42 Å². The quantitative estimate of drug-likeness (QED) is 0.849. The van der Waals surface area contributed by atoms with E-state index in [1.165, 1.54) is 0 Å². The molecule has 0 aliphatic heterocycles. The van der Waals surface area contributed by atoms with Gasteiger partial charge in [0, 0.05) is 17.5 Å². The van der Waals surface area contributed by atoms with Crippen LogP contribution in [0.15, 0.2) is 35.3 Å². The summed E-state index contributed by atoms with van der Waals surface area (Å²) in [5, 5.41) is 3.19. The molecule has 0 radical (unpaired) electrons. The van der Waals surface area contributed by atoms with Crippen molar-refractivity contribution in [2.75, 3.05) is 5.32 Å². The molecule has 88 valence electrons. The van der Waals surface area contributed by atoms with E-state index in [2.05, 4.69) is 15.3 Å². The van der Waals surface area contributed by atoms with Crippen molar-refractivity contribution >= 4 is 11.5 Å². The fraction of sp³-hybridized carbons (Fsp3) is 0.231. The molecule has 0 bridgehead atoms. The molecule has 2 heterocycles. The molecular formula is C13H15N3O. The Morgan fingerprint density at radius 2 is 2.24 bits per heavy atom. The molecule has 0 fully saturated rings. The maximum absolute atomic E-state index is 11.6. The Morgan fingerprint density at radius 1 is 1.41 bits per heavy atom. The Balaban J connectivity index is 2.36. The first-order valence-corrected chi connectivity index (χ1v) is 5.61.